The van der Waals surface area contributed by atoms with Gasteiger partial charge >= 0.3 is 12.1 Å². The van der Waals surface area contributed by atoms with Crippen LogP contribution in [0, 0.1) is 11.7 Å². The molecule has 0 aromatic heterocycles. The van der Waals surface area contributed by atoms with Gasteiger partial charge in [0.15, 0.2) is 42.4 Å². The number of nitrogens with one attached hydrogen (secondary N) is 1. The molecule has 0 bridgehead atoms. The highest BCUT2D eigenvalue weighted by Gasteiger charge is 2.46. The largest absolute Gasteiger partial charge is 0.494 e. The number of methoxy groups -OCH3 is 4. The summed E-state index contributed by atoms with van der Waals surface area (Å²) in [4.78, 5) is 55.1. The van der Waals surface area contributed by atoms with Crippen LogP contribution in [0.4, 0.5) is 9.18 Å². The Balaban J connectivity index is 1.84. The number of Topliss-reactive ketones (excluding diaryl/α,β-unsaturated/α-hetero) is 1. The number of esters is 1. The SMILES string of the molecule is COCOc1ccc(C(=O)NC2C(C(=O)c3c(OCOC)ccc(OC)c3F)CCCN(C(=O)O)C2OC(=O)c2ccccc2)cc1OC. The van der Waals surface area contributed by atoms with Gasteiger partial charge in [0, 0.05) is 32.2 Å². The maximum Gasteiger partial charge on any atom is 0.410 e. The molecule has 3 aromatic rings. The number of amides is 2. The molecule has 4 rings (SSSR count). The molecule has 3 aromatic carbocycles. The smallest absolute Gasteiger partial charge is 0.410 e. The minimum Gasteiger partial charge on any atom is -0.494 e. The summed E-state index contributed by atoms with van der Waals surface area (Å²) >= 11 is 0. The van der Waals surface area contributed by atoms with E-state index in [4.69, 9.17) is 33.2 Å². The second-order valence-corrected chi connectivity index (χ2v) is 10.7. The molecule has 1 aliphatic rings. The Kier molecular flexibility index (Phi) is 12.7. The molecule has 1 heterocycles. The van der Waals surface area contributed by atoms with Crippen molar-refractivity contribution in [2.45, 2.75) is 25.1 Å². The molecule has 1 aliphatic heterocycles. The predicted octanol–water partition coefficient (Wildman–Crippen LogP) is 4.36. The van der Waals surface area contributed by atoms with Crippen LogP contribution < -0.4 is 24.3 Å². The number of benzene rings is 3. The van der Waals surface area contributed by atoms with Crippen LogP contribution in [-0.2, 0) is 14.2 Å². The lowest BCUT2D eigenvalue weighted by molar-refractivity contribution is -0.0416. The van der Waals surface area contributed by atoms with Crippen molar-refractivity contribution in [3.8, 4) is 23.0 Å². The second-order valence-electron chi connectivity index (χ2n) is 10.7. The number of carboxylic acid groups (broad SMARTS) is 1. The quantitative estimate of drug-likeness (QED) is 0.140. The first kappa shape index (κ1) is 36.4. The van der Waals surface area contributed by atoms with Gasteiger partial charge in [0.25, 0.3) is 5.91 Å². The van der Waals surface area contributed by atoms with Crippen LogP contribution in [-0.4, -0.2) is 94.6 Å². The third kappa shape index (κ3) is 8.55. The molecule has 0 aliphatic carbocycles. The highest BCUT2D eigenvalue weighted by Crippen LogP contribution is 2.36. The van der Waals surface area contributed by atoms with E-state index in [1.165, 1.54) is 70.9 Å². The van der Waals surface area contributed by atoms with E-state index in [2.05, 4.69) is 5.32 Å². The van der Waals surface area contributed by atoms with Crippen LogP contribution in [0.1, 0.15) is 43.9 Å². The van der Waals surface area contributed by atoms with Gasteiger partial charge in [-0.15, -0.1) is 0 Å². The molecule has 15 heteroatoms. The number of hydrogen-bond donors (Lipinski definition) is 2. The van der Waals surface area contributed by atoms with Crippen LogP contribution in [0.25, 0.3) is 0 Å². The maximum atomic E-state index is 15.9. The van der Waals surface area contributed by atoms with Crippen LogP contribution >= 0.6 is 0 Å². The first-order valence-corrected chi connectivity index (χ1v) is 15.0. The number of carbonyl (C=O) groups is 4. The summed E-state index contributed by atoms with van der Waals surface area (Å²) in [6.07, 6.45) is -3.15. The molecule has 3 unspecified atom stereocenters. The van der Waals surface area contributed by atoms with Crippen molar-refractivity contribution in [1.29, 1.82) is 0 Å². The minimum atomic E-state index is -1.73. The zero-order valence-electron chi connectivity index (χ0n) is 27.3. The van der Waals surface area contributed by atoms with Crippen molar-refractivity contribution in [3.05, 3.63) is 83.2 Å². The van der Waals surface area contributed by atoms with E-state index in [1.54, 1.807) is 18.2 Å². The predicted molar refractivity (Wildman–Crippen MR) is 170 cm³/mol. The lowest BCUT2D eigenvalue weighted by Gasteiger charge is -2.35. The zero-order chi connectivity index (χ0) is 35.5. The van der Waals surface area contributed by atoms with E-state index in [9.17, 15) is 24.3 Å². The van der Waals surface area contributed by atoms with Crippen LogP contribution in [0.5, 0.6) is 23.0 Å². The molecule has 0 spiro atoms. The highest BCUT2D eigenvalue weighted by molar-refractivity contribution is 6.02. The second kappa shape index (κ2) is 17.1. The molecule has 2 amide bonds. The molecule has 0 saturated carbocycles. The number of likely N-dealkylation sites (tertiary alicyclic amines) is 1. The average Bonchev–Trinajstić information content (AvgIpc) is 3.29. The third-order valence-electron chi connectivity index (χ3n) is 7.70. The Morgan fingerprint density at radius 2 is 1.47 bits per heavy atom. The van der Waals surface area contributed by atoms with Gasteiger partial charge in [-0.25, -0.2) is 14.0 Å². The Morgan fingerprint density at radius 3 is 2.10 bits per heavy atom. The minimum absolute atomic E-state index is 0.0313. The number of rotatable bonds is 14. The van der Waals surface area contributed by atoms with E-state index < -0.39 is 53.3 Å². The standard InChI is InChI=1S/C34H37FN2O12/c1-43-18-47-23-13-12-21(17-26(23)46-4)31(39)36-29-22(30(38)27-24(48-19-44-2)14-15-25(45-3)28(27)35)11-8-16-37(34(41)42)32(29)49-33(40)20-9-6-5-7-10-20/h5-7,9-10,12-15,17,22,29,32H,8,11,16,18-19H2,1-4H3,(H,36,39)(H,41,42). The van der Waals surface area contributed by atoms with Crippen LogP contribution in [0.3, 0.4) is 0 Å². The Labute approximate surface area is 281 Å². The van der Waals surface area contributed by atoms with Gasteiger partial charge in [0.2, 0.25) is 6.23 Å². The zero-order valence-corrected chi connectivity index (χ0v) is 27.3. The summed E-state index contributed by atoms with van der Waals surface area (Å²) in [6.45, 7) is -0.595. The van der Waals surface area contributed by atoms with E-state index in [1.807, 2.05) is 0 Å². The van der Waals surface area contributed by atoms with E-state index in [-0.39, 0.29) is 67.1 Å². The Hall–Kier alpha value is -5.41. The molecule has 3 atom stereocenters. The summed E-state index contributed by atoms with van der Waals surface area (Å²) < 4.78 is 53.0. The number of carbonyl (C=O) groups excluding carboxylic acids is 3. The fourth-order valence-electron chi connectivity index (χ4n) is 5.38. The lowest BCUT2D eigenvalue weighted by Crippen LogP contribution is -2.58. The summed E-state index contributed by atoms with van der Waals surface area (Å²) in [5, 5.41) is 12.9. The van der Waals surface area contributed by atoms with E-state index in [0.717, 1.165) is 4.90 Å². The first-order valence-electron chi connectivity index (χ1n) is 15.0. The first-order chi connectivity index (χ1) is 23.6. The molecular formula is C34H37FN2O12. The van der Waals surface area contributed by atoms with Crippen molar-refractivity contribution in [3.63, 3.8) is 0 Å². The van der Waals surface area contributed by atoms with Crippen molar-refractivity contribution in [1.82, 2.24) is 10.2 Å². The summed E-state index contributed by atoms with van der Waals surface area (Å²) in [7, 11) is 5.37. The molecule has 1 fully saturated rings. The third-order valence-corrected chi connectivity index (χ3v) is 7.70. The number of hydrogen-bond acceptors (Lipinski definition) is 11. The monoisotopic (exact) mass is 684 g/mol. The van der Waals surface area contributed by atoms with Crippen molar-refractivity contribution in [2.75, 3.05) is 48.6 Å². The van der Waals surface area contributed by atoms with Gasteiger partial charge in [-0.2, -0.15) is 0 Å². The number of halogens is 1. The van der Waals surface area contributed by atoms with Crippen molar-refractivity contribution >= 4 is 23.8 Å². The van der Waals surface area contributed by atoms with Gasteiger partial charge in [0.05, 0.1) is 31.4 Å². The molecule has 0 radical (unpaired) electrons. The summed E-state index contributed by atoms with van der Waals surface area (Å²) in [5.41, 5.74) is -0.391. The number of nitrogens with zero attached hydrogens (tertiary/aromatic N) is 1. The van der Waals surface area contributed by atoms with E-state index in [0.29, 0.717) is 0 Å². The van der Waals surface area contributed by atoms with Gasteiger partial charge in [-0.05, 0) is 55.3 Å². The Morgan fingerprint density at radius 1 is 0.837 bits per heavy atom. The molecular weight excluding hydrogens is 647 g/mol. The average molecular weight is 685 g/mol. The Bertz CT molecular complexity index is 1640. The molecule has 49 heavy (non-hydrogen) atoms. The molecule has 2 N–H and O–H groups in total. The van der Waals surface area contributed by atoms with Gasteiger partial charge in [-0.1, -0.05) is 18.2 Å². The maximum absolute atomic E-state index is 15.9. The lowest BCUT2D eigenvalue weighted by atomic mass is 9.85. The fraction of sp³-hybridized carbons (Fsp3) is 0.353. The normalized spacial score (nSPS) is 17.3. The van der Waals surface area contributed by atoms with Crippen molar-refractivity contribution in [2.24, 2.45) is 5.92 Å². The highest BCUT2D eigenvalue weighted by atomic mass is 19.1. The number of ketones is 1. The van der Waals surface area contributed by atoms with E-state index >= 15 is 4.39 Å². The van der Waals surface area contributed by atoms with Gasteiger partial charge < -0.3 is 43.6 Å². The summed E-state index contributed by atoms with van der Waals surface area (Å²) in [5.74, 6) is -4.92. The van der Waals surface area contributed by atoms with Crippen LogP contribution in [0.15, 0.2) is 60.7 Å². The molecule has 262 valence electrons. The number of ether oxygens (including phenoxy) is 7. The van der Waals surface area contributed by atoms with Gasteiger partial charge in [-0.3, -0.25) is 14.5 Å². The van der Waals surface area contributed by atoms with Crippen LogP contribution in [0.2, 0.25) is 0 Å². The van der Waals surface area contributed by atoms with Gasteiger partial charge in [0.1, 0.15) is 5.75 Å². The summed E-state index contributed by atoms with van der Waals surface area (Å²) in [6, 6.07) is 13.1. The fourth-order valence-corrected chi connectivity index (χ4v) is 5.38. The topological polar surface area (TPSA) is 168 Å². The molecule has 1 saturated heterocycles. The van der Waals surface area contributed by atoms with Crippen molar-refractivity contribution < 1.29 is 61.8 Å². The molecule has 14 nitrogen and oxygen atoms in total.